The number of hydrogen-bond acceptors (Lipinski definition) is 4. The topological polar surface area (TPSA) is 60.9 Å². The van der Waals surface area contributed by atoms with Gasteiger partial charge >= 0.3 is 0 Å². The van der Waals surface area contributed by atoms with E-state index in [1.165, 1.54) is 15.6 Å². The second kappa shape index (κ2) is 9.39. The molecule has 0 bridgehead atoms. The molecule has 2 aliphatic rings. The van der Waals surface area contributed by atoms with Crippen LogP contribution in [0.25, 0.3) is 10.8 Å². The monoisotopic (exact) mass is 477 g/mol. The Labute approximate surface area is 201 Å². The summed E-state index contributed by atoms with van der Waals surface area (Å²) in [6.07, 6.45) is 1.15. The summed E-state index contributed by atoms with van der Waals surface area (Å²) < 4.78 is 28.0. The number of carbonyl (C=O) groups excluding carboxylic acids is 1. The largest absolute Gasteiger partial charge is 0.368 e. The predicted molar refractivity (Wildman–Crippen MR) is 135 cm³/mol. The fraction of sp³-hybridized carbons (Fsp3) is 0.370. The van der Waals surface area contributed by atoms with Crippen LogP contribution in [-0.4, -0.2) is 62.8 Å². The van der Waals surface area contributed by atoms with Crippen molar-refractivity contribution < 1.29 is 13.2 Å². The van der Waals surface area contributed by atoms with Crippen LogP contribution in [0.15, 0.2) is 71.6 Å². The molecule has 0 atom stereocenters. The van der Waals surface area contributed by atoms with Gasteiger partial charge in [-0.05, 0) is 54.3 Å². The maximum Gasteiger partial charge on any atom is 0.243 e. The molecule has 2 aliphatic heterocycles. The lowest BCUT2D eigenvalue weighted by atomic mass is 9.96. The van der Waals surface area contributed by atoms with Gasteiger partial charge in [0, 0.05) is 50.9 Å². The highest BCUT2D eigenvalue weighted by molar-refractivity contribution is 7.89. The number of amides is 1. The molecule has 1 amide bonds. The van der Waals surface area contributed by atoms with Gasteiger partial charge in [-0.2, -0.15) is 4.31 Å². The van der Waals surface area contributed by atoms with Gasteiger partial charge in [0.25, 0.3) is 0 Å². The molecular weight excluding hydrogens is 446 g/mol. The molecule has 178 valence electrons. The molecule has 7 heteroatoms. The third-order valence-corrected chi connectivity index (χ3v) is 9.10. The Morgan fingerprint density at radius 3 is 2.15 bits per heavy atom. The molecule has 0 N–H and O–H groups in total. The summed E-state index contributed by atoms with van der Waals surface area (Å²) in [6, 6.07) is 21.4. The molecule has 5 rings (SSSR count). The van der Waals surface area contributed by atoms with Gasteiger partial charge in [-0.1, -0.05) is 48.5 Å². The lowest BCUT2D eigenvalue weighted by Gasteiger charge is -2.39. The molecule has 0 aromatic heterocycles. The first-order valence-corrected chi connectivity index (χ1v) is 13.5. The number of carbonyl (C=O) groups is 1. The SMILES string of the molecule is Cc1ccccc1N1CCN(C(=O)C2CCN(S(=O)(=O)c3ccc4ccccc4c3)CC2)CC1. The first kappa shape index (κ1) is 22.9. The molecule has 0 spiro atoms. The van der Waals surface area contributed by atoms with E-state index in [0.29, 0.717) is 43.9 Å². The molecular formula is C27H31N3O3S. The lowest BCUT2D eigenvalue weighted by molar-refractivity contribution is -0.137. The van der Waals surface area contributed by atoms with Gasteiger partial charge in [-0.25, -0.2) is 8.42 Å². The van der Waals surface area contributed by atoms with Crippen LogP contribution >= 0.6 is 0 Å². The smallest absolute Gasteiger partial charge is 0.243 e. The van der Waals surface area contributed by atoms with Gasteiger partial charge in [-0.3, -0.25) is 4.79 Å². The number of hydrogen-bond donors (Lipinski definition) is 0. The molecule has 34 heavy (non-hydrogen) atoms. The number of nitrogens with zero attached hydrogens (tertiary/aromatic N) is 3. The van der Waals surface area contributed by atoms with Crippen molar-refractivity contribution in [2.75, 3.05) is 44.2 Å². The Morgan fingerprint density at radius 1 is 0.794 bits per heavy atom. The van der Waals surface area contributed by atoms with Crippen molar-refractivity contribution in [2.45, 2.75) is 24.7 Å². The van der Waals surface area contributed by atoms with E-state index in [4.69, 9.17) is 0 Å². The minimum Gasteiger partial charge on any atom is -0.368 e. The van der Waals surface area contributed by atoms with Crippen LogP contribution in [0.5, 0.6) is 0 Å². The van der Waals surface area contributed by atoms with Crippen molar-refractivity contribution in [1.82, 2.24) is 9.21 Å². The molecule has 3 aromatic rings. The van der Waals surface area contributed by atoms with Crippen LogP contribution in [-0.2, 0) is 14.8 Å². The number of benzene rings is 3. The van der Waals surface area contributed by atoms with Crippen molar-refractivity contribution in [3.63, 3.8) is 0 Å². The van der Waals surface area contributed by atoms with Crippen molar-refractivity contribution in [3.8, 4) is 0 Å². The summed E-state index contributed by atoms with van der Waals surface area (Å²) in [5.74, 6) is 0.0697. The third-order valence-electron chi connectivity index (χ3n) is 7.21. The van der Waals surface area contributed by atoms with Crippen LogP contribution in [0.4, 0.5) is 5.69 Å². The van der Waals surface area contributed by atoms with E-state index in [1.807, 2.05) is 41.3 Å². The Kier molecular flexibility index (Phi) is 6.32. The number of aryl methyl sites for hydroxylation is 1. The summed E-state index contributed by atoms with van der Waals surface area (Å²) in [6.45, 7) is 5.96. The Hall–Kier alpha value is -2.90. The number of piperazine rings is 1. The zero-order chi connectivity index (χ0) is 23.7. The van der Waals surface area contributed by atoms with E-state index in [0.717, 1.165) is 23.9 Å². The first-order valence-electron chi connectivity index (χ1n) is 12.0. The normalized spacial score (nSPS) is 18.4. The number of piperidine rings is 1. The zero-order valence-electron chi connectivity index (χ0n) is 19.6. The van der Waals surface area contributed by atoms with Crippen molar-refractivity contribution in [1.29, 1.82) is 0 Å². The molecule has 0 radical (unpaired) electrons. The quantitative estimate of drug-likeness (QED) is 0.572. The van der Waals surface area contributed by atoms with Gasteiger partial charge < -0.3 is 9.80 Å². The summed E-state index contributed by atoms with van der Waals surface area (Å²) >= 11 is 0. The first-order chi connectivity index (χ1) is 16.4. The fourth-order valence-corrected chi connectivity index (χ4v) is 6.67. The van der Waals surface area contributed by atoms with Crippen LogP contribution in [0.3, 0.4) is 0 Å². The molecule has 0 aliphatic carbocycles. The number of fused-ring (bicyclic) bond motifs is 1. The third kappa shape index (κ3) is 4.42. The van der Waals surface area contributed by atoms with E-state index in [-0.39, 0.29) is 11.8 Å². The Balaban J connectivity index is 1.19. The molecule has 6 nitrogen and oxygen atoms in total. The highest BCUT2D eigenvalue weighted by atomic mass is 32.2. The Morgan fingerprint density at radius 2 is 1.44 bits per heavy atom. The Bertz CT molecular complexity index is 1290. The van der Waals surface area contributed by atoms with Gasteiger partial charge in [0.1, 0.15) is 0 Å². The van der Waals surface area contributed by atoms with E-state index in [9.17, 15) is 13.2 Å². The minimum absolute atomic E-state index is 0.104. The summed E-state index contributed by atoms with van der Waals surface area (Å²) in [7, 11) is -3.57. The number of rotatable bonds is 4. The van der Waals surface area contributed by atoms with Gasteiger partial charge in [0.2, 0.25) is 15.9 Å². The van der Waals surface area contributed by atoms with Crippen LogP contribution in [0.2, 0.25) is 0 Å². The minimum atomic E-state index is -3.57. The summed E-state index contributed by atoms with van der Waals surface area (Å²) in [4.78, 5) is 17.8. The van der Waals surface area contributed by atoms with Crippen LogP contribution in [0.1, 0.15) is 18.4 Å². The van der Waals surface area contributed by atoms with Crippen molar-refractivity contribution >= 4 is 32.4 Å². The molecule has 2 fully saturated rings. The average molecular weight is 478 g/mol. The molecule has 0 saturated carbocycles. The van der Waals surface area contributed by atoms with Crippen LogP contribution in [0, 0.1) is 12.8 Å². The van der Waals surface area contributed by atoms with Gasteiger partial charge in [0.05, 0.1) is 4.90 Å². The number of sulfonamides is 1. The number of para-hydroxylation sites is 1. The highest BCUT2D eigenvalue weighted by Crippen LogP contribution is 2.28. The second-order valence-corrected chi connectivity index (χ2v) is 11.2. The fourth-order valence-electron chi connectivity index (χ4n) is 5.16. The van der Waals surface area contributed by atoms with E-state index in [2.05, 4.69) is 30.0 Å². The average Bonchev–Trinajstić information content (AvgIpc) is 2.88. The molecule has 0 unspecified atom stereocenters. The molecule has 3 aromatic carbocycles. The maximum absolute atomic E-state index is 13.2. The molecule has 2 saturated heterocycles. The van der Waals surface area contributed by atoms with E-state index < -0.39 is 10.0 Å². The predicted octanol–water partition coefficient (Wildman–Crippen LogP) is 3.90. The van der Waals surface area contributed by atoms with E-state index >= 15 is 0 Å². The lowest BCUT2D eigenvalue weighted by Crippen LogP contribution is -2.52. The highest BCUT2D eigenvalue weighted by Gasteiger charge is 2.34. The van der Waals surface area contributed by atoms with Crippen molar-refractivity contribution in [2.24, 2.45) is 5.92 Å². The molecule has 2 heterocycles. The van der Waals surface area contributed by atoms with Gasteiger partial charge in [0.15, 0.2) is 0 Å². The maximum atomic E-state index is 13.2. The number of anilines is 1. The van der Waals surface area contributed by atoms with Gasteiger partial charge in [-0.15, -0.1) is 0 Å². The standard InChI is InChI=1S/C27H31N3O3S/c1-21-6-2-5-9-26(21)28-16-18-29(19-17-28)27(31)23-12-14-30(15-13-23)34(32,33)25-11-10-22-7-3-4-8-24(22)20-25/h2-11,20,23H,12-19H2,1H3. The summed E-state index contributed by atoms with van der Waals surface area (Å²) in [5, 5.41) is 1.94. The second-order valence-electron chi connectivity index (χ2n) is 9.29. The zero-order valence-corrected chi connectivity index (χ0v) is 20.4. The van der Waals surface area contributed by atoms with E-state index in [1.54, 1.807) is 12.1 Å². The summed E-state index contributed by atoms with van der Waals surface area (Å²) in [5.41, 5.74) is 2.49. The van der Waals surface area contributed by atoms with Crippen molar-refractivity contribution in [3.05, 3.63) is 72.3 Å². The van der Waals surface area contributed by atoms with Crippen LogP contribution < -0.4 is 4.90 Å².